The highest BCUT2D eigenvalue weighted by molar-refractivity contribution is 5.78. The van der Waals surface area contributed by atoms with Crippen LogP contribution < -0.4 is 5.73 Å². The average Bonchev–Trinajstić information content (AvgIpc) is 2.49. The Morgan fingerprint density at radius 2 is 2.10 bits per heavy atom. The monoisotopic (exact) mass is 289 g/mol. The molecule has 0 unspecified atom stereocenters. The van der Waals surface area contributed by atoms with E-state index in [0.717, 1.165) is 25.7 Å². The van der Waals surface area contributed by atoms with Gasteiger partial charge in [-0.1, -0.05) is 0 Å². The van der Waals surface area contributed by atoms with Crippen LogP contribution in [0.1, 0.15) is 36.8 Å². The average molecular weight is 289 g/mol. The molecule has 0 aromatic heterocycles. The number of amides is 1. The lowest BCUT2D eigenvalue weighted by atomic mass is 9.85. The highest BCUT2D eigenvalue weighted by Crippen LogP contribution is 2.25. The second-order valence-electron chi connectivity index (χ2n) is 5.72. The van der Waals surface area contributed by atoms with E-state index in [1.165, 1.54) is 18.2 Å². The maximum Gasteiger partial charge on any atom is 0.225 e. The van der Waals surface area contributed by atoms with E-state index in [0.29, 0.717) is 11.1 Å². The molecular formula is C16H20FN3O. The topological polar surface area (TPSA) is 70.1 Å². The summed E-state index contributed by atoms with van der Waals surface area (Å²) >= 11 is 0. The second-order valence-corrected chi connectivity index (χ2v) is 5.72. The molecule has 0 saturated heterocycles. The Labute approximate surface area is 124 Å². The summed E-state index contributed by atoms with van der Waals surface area (Å²) in [7, 11) is 1.68. The first kappa shape index (κ1) is 15.5. The number of hydrogen-bond acceptors (Lipinski definition) is 3. The van der Waals surface area contributed by atoms with E-state index < -0.39 is 0 Å². The molecule has 2 N–H and O–H groups in total. The van der Waals surface area contributed by atoms with Gasteiger partial charge in [0.1, 0.15) is 5.82 Å². The Balaban J connectivity index is 2.02. The van der Waals surface area contributed by atoms with Crippen LogP contribution >= 0.6 is 0 Å². The summed E-state index contributed by atoms with van der Waals surface area (Å²) in [6, 6.07) is 6.38. The summed E-state index contributed by atoms with van der Waals surface area (Å²) in [5.74, 6) is -0.375. The minimum Gasteiger partial charge on any atom is -0.341 e. The molecule has 1 aromatic rings. The normalized spacial score (nSPS) is 21.6. The molecule has 0 bridgehead atoms. The van der Waals surface area contributed by atoms with E-state index in [-0.39, 0.29) is 30.2 Å². The molecule has 1 saturated carbocycles. The molecule has 1 amide bonds. The third kappa shape index (κ3) is 3.79. The number of carbonyl (C=O) groups is 1. The summed E-state index contributed by atoms with van der Waals surface area (Å²) < 4.78 is 13.8. The maximum atomic E-state index is 13.8. The Kier molecular flexibility index (Phi) is 4.92. The lowest BCUT2D eigenvalue weighted by Crippen LogP contribution is -2.37. The number of nitrogens with zero attached hydrogens (tertiary/aromatic N) is 2. The Morgan fingerprint density at radius 1 is 1.43 bits per heavy atom. The van der Waals surface area contributed by atoms with Gasteiger partial charge in [0.25, 0.3) is 0 Å². The van der Waals surface area contributed by atoms with Gasteiger partial charge in [-0.15, -0.1) is 0 Å². The first-order chi connectivity index (χ1) is 10.0. The quantitative estimate of drug-likeness (QED) is 0.927. The van der Waals surface area contributed by atoms with Crippen LogP contribution in [0, 0.1) is 23.1 Å². The van der Waals surface area contributed by atoms with E-state index in [9.17, 15) is 9.18 Å². The third-order valence-corrected chi connectivity index (χ3v) is 4.08. The number of nitrogens with two attached hydrogens (primary N) is 1. The lowest BCUT2D eigenvalue weighted by Gasteiger charge is -2.29. The summed E-state index contributed by atoms with van der Waals surface area (Å²) in [5, 5.41) is 8.86. The molecule has 4 nitrogen and oxygen atoms in total. The standard InChI is InChI=1S/C16H20FN3O/c1-20(16(21)12-3-5-14(19)6-4-12)10-13-8-11(9-18)2-7-15(13)17/h2,7-8,12,14H,3-6,10,19H2,1H3. The van der Waals surface area contributed by atoms with Crippen molar-refractivity contribution < 1.29 is 9.18 Å². The fourth-order valence-electron chi connectivity index (χ4n) is 2.78. The largest absolute Gasteiger partial charge is 0.341 e. The predicted molar refractivity (Wildman–Crippen MR) is 77.5 cm³/mol. The fourth-order valence-corrected chi connectivity index (χ4v) is 2.78. The van der Waals surface area contributed by atoms with Crippen LogP contribution in [0.4, 0.5) is 4.39 Å². The van der Waals surface area contributed by atoms with Gasteiger partial charge in [-0.3, -0.25) is 4.79 Å². The van der Waals surface area contributed by atoms with Crippen molar-refractivity contribution in [1.29, 1.82) is 5.26 Å². The van der Waals surface area contributed by atoms with Crippen molar-refractivity contribution in [2.24, 2.45) is 11.7 Å². The van der Waals surface area contributed by atoms with Crippen LogP contribution in [0.2, 0.25) is 0 Å². The number of nitriles is 1. The molecule has 5 heteroatoms. The van der Waals surface area contributed by atoms with Gasteiger partial charge in [0, 0.05) is 31.1 Å². The molecule has 0 atom stereocenters. The zero-order chi connectivity index (χ0) is 15.4. The van der Waals surface area contributed by atoms with Crippen molar-refractivity contribution in [3.8, 4) is 6.07 Å². The second kappa shape index (κ2) is 6.68. The molecule has 1 aromatic carbocycles. The molecule has 1 fully saturated rings. The van der Waals surface area contributed by atoms with Gasteiger partial charge in [-0.05, 0) is 43.9 Å². The number of carbonyl (C=O) groups excluding carboxylic acids is 1. The minimum absolute atomic E-state index is 0.0167. The van der Waals surface area contributed by atoms with Crippen molar-refractivity contribution in [3.63, 3.8) is 0 Å². The van der Waals surface area contributed by atoms with Crippen LogP contribution in [0.5, 0.6) is 0 Å². The molecule has 0 radical (unpaired) electrons. The van der Waals surface area contributed by atoms with Crippen LogP contribution in [0.25, 0.3) is 0 Å². The van der Waals surface area contributed by atoms with Crippen molar-refractivity contribution in [2.75, 3.05) is 7.05 Å². The van der Waals surface area contributed by atoms with Gasteiger partial charge < -0.3 is 10.6 Å². The van der Waals surface area contributed by atoms with E-state index in [4.69, 9.17) is 11.0 Å². The van der Waals surface area contributed by atoms with Gasteiger partial charge >= 0.3 is 0 Å². The van der Waals surface area contributed by atoms with Crippen molar-refractivity contribution >= 4 is 5.91 Å². The summed E-state index contributed by atoms with van der Waals surface area (Å²) in [5.41, 5.74) is 6.62. The molecule has 1 aliphatic rings. The van der Waals surface area contributed by atoms with Crippen molar-refractivity contribution in [2.45, 2.75) is 38.3 Å². The molecule has 0 aliphatic heterocycles. The molecular weight excluding hydrogens is 269 g/mol. The Bertz CT molecular complexity index is 559. The molecule has 0 heterocycles. The molecule has 21 heavy (non-hydrogen) atoms. The van der Waals surface area contributed by atoms with Crippen molar-refractivity contribution in [3.05, 3.63) is 35.1 Å². The Morgan fingerprint density at radius 3 is 2.71 bits per heavy atom. The van der Waals surface area contributed by atoms with Gasteiger partial charge in [-0.25, -0.2) is 4.39 Å². The van der Waals surface area contributed by atoms with Gasteiger partial charge in [0.2, 0.25) is 5.91 Å². The Hall–Kier alpha value is -1.93. The van der Waals surface area contributed by atoms with E-state index in [1.54, 1.807) is 11.9 Å². The maximum absolute atomic E-state index is 13.8. The molecule has 0 spiro atoms. The number of rotatable bonds is 3. The summed E-state index contributed by atoms with van der Waals surface area (Å²) in [6.07, 6.45) is 3.32. The third-order valence-electron chi connectivity index (χ3n) is 4.08. The number of benzene rings is 1. The summed E-state index contributed by atoms with van der Waals surface area (Å²) in [6.45, 7) is 0.183. The highest BCUT2D eigenvalue weighted by Gasteiger charge is 2.27. The SMILES string of the molecule is CN(Cc1cc(C#N)ccc1F)C(=O)C1CCC(N)CC1. The van der Waals surface area contributed by atoms with Crippen LogP contribution in [-0.2, 0) is 11.3 Å². The van der Waals surface area contributed by atoms with Crippen LogP contribution in [0.15, 0.2) is 18.2 Å². The van der Waals surface area contributed by atoms with E-state index in [1.807, 2.05) is 6.07 Å². The van der Waals surface area contributed by atoms with Crippen molar-refractivity contribution in [1.82, 2.24) is 4.90 Å². The zero-order valence-corrected chi connectivity index (χ0v) is 12.2. The van der Waals surface area contributed by atoms with Gasteiger partial charge in [-0.2, -0.15) is 5.26 Å². The first-order valence-electron chi connectivity index (χ1n) is 7.20. The van der Waals surface area contributed by atoms with Gasteiger partial charge in [0.05, 0.1) is 11.6 Å². The first-order valence-corrected chi connectivity index (χ1v) is 7.20. The predicted octanol–water partition coefficient (Wildman–Crippen LogP) is 2.17. The zero-order valence-electron chi connectivity index (χ0n) is 12.2. The van der Waals surface area contributed by atoms with E-state index >= 15 is 0 Å². The minimum atomic E-state index is -0.390. The van der Waals surface area contributed by atoms with Crippen LogP contribution in [-0.4, -0.2) is 23.9 Å². The number of halogens is 1. The molecule has 1 aliphatic carbocycles. The number of hydrogen-bond donors (Lipinski definition) is 1. The molecule has 2 rings (SSSR count). The summed E-state index contributed by atoms with van der Waals surface area (Å²) in [4.78, 5) is 13.9. The smallest absolute Gasteiger partial charge is 0.225 e. The van der Waals surface area contributed by atoms with Gasteiger partial charge in [0.15, 0.2) is 0 Å². The lowest BCUT2D eigenvalue weighted by molar-refractivity contribution is -0.135. The molecule has 112 valence electrons. The van der Waals surface area contributed by atoms with E-state index in [2.05, 4.69) is 0 Å². The fraction of sp³-hybridized carbons (Fsp3) is 0.500. The van der Waals surface area contributed by atoms with Crippen LogP contribution in [0.3, 0.4) is 0 Å². The highest BCUT2D eigenvalue weighted by atomic mass is 19.1.